The summed E-state index contributed by atoms with van der Waals surface area (Å²) in [5.41, 5.74) is 3.70. The highest BCUT2D eigenvalue weighted by Gasteiger charge is 2.30. The van der Waals surface area contributed by atoms with Gasteiger partial charge < -0.3 is 15.3 Å². The predicted octanol–water partition coefficient (Wildman–Crippen LogP) is 3.54. The van der Waals surface area contributed by atoms with Crippen molar-refractivity contribution in [2.75, 3.05) is 16.8 Å². The number of fused-ring (bicyclic) bond motifs is 1. The maximum Gasteiger partial charge on any atom is 0.136 e. The molecule has 1 atom stereocenters. The number of aliphatic hydroxyl groups excluding tert-OH is 1. The van der Waals surface area contributed by atoms with Crippen molar-refractivity contribution in [2.24, 2.45) is 0 Å². The number of nitrogens with zero attached hydrogens (tertiary/aromatic N) is 3. The maximum atomic E-state index is 9.82. The first-order valence-corrected chi connectivity index (χ1v) is 9.86. The highest BCUT2D eigenvalue weighted by atomic mass is 16.3. The number of anilines is 2. The standard InChI is InChI=1S/C21H26N4O/c1-13(26)15-4-5-17-12-25(9-8-16(17)10-15)20-11-19(22-18-6-7-18)23-21(24-20)14-2-3-14/h4-5,10-11,13-14,18,26H,2-3,6-9,12H2,1H3,(H,22,23,24)/t13-/m0/s1. The van der Waals surface area contributed by atoms with Gasteiger partial charge in [0.25, 0.3) is 0 Å². The highest BCUT2D eigenvalue weighted by molar-refractivity contribution is 5.53. The van der Waals surface area contributed by atoms with Crippen LogP contribution in [0.1, 0.15) is 67.1 Å². The van der Waals surface area contributed by atoms with Crippen LogP contribution in [0, 0.1) is 0 Å². The molecule has 5 rings (SSSR count). The summed E-state index contributed by atoms with van der Waals surface area (Å²) in [6.45, 7) is 3.66. The third kappa shape index (κ3) is 3.28. The second-order valence-corrected chi connectivity index (χ2v) is 8.04. The van der Waals surface area contributed by atoms with E-state index in [0.29, 0.717) is 12.0 Å². The molecule has 2 fully saturated rings. The van der Waals surface area contributed by atoms with E-state index in [-0.39, 0.29) is 0 Å². The first-order valence-electron chi connectivity index (χ1n) is 9.86. The zero-order valence-corrected chi connectivity index (χ0v) is 15.3. The molecule has 1 aromatic heterocycles. The van der Waals surface area contributed by atoms with E-state index >= 15 is 0 Å². The van der Waals surface area contributed by atoms with E-state index in [1.54, 1.807) is 0 Å². The SMILES string of the molecule is C[C@H](O)c1ccc2c(c1)CCN(c1cc(NC3CC3)nc(C3CC3)n1)C2. The van der Waals surface area contributed by atoms with Crippen molar-refractivity contribution in [3.05, 3.63) is 46.8 Å². The van der Waals surface area contributed by atoms with Gasteiger partial charge in [0.1, 0.15) is 17.5 Å². The first kappa shape index (κ1) is 16.1. The average Bonchev–Trinajstić information content (AvgIpc) is 3.54. The summed E-state index contributed by atoms with van der Waals surface area (Å²) in [4.78, 5) is 12.0. The minimum absolute atomic E-state index is 0.405. The second-order valence-electron chi connectivity index (χ2n) is 8.04. The van der Waals surface area contributed by atoms with E-state index in [1.165, 1.54) is 36.8 Å². The van der Waals surface area contributed by atoms with Gasteiger partial charge in [-0.25, -0.2) is 9.97 Å². The Labute approximate surface area is 154 Å². The fourth-order valence-corrected chi connectivity index (χ4v) is 3.68. The van der Waals surface area contributed by atoms with Crippen molar-refractivity contribution in [1.29, 1.82) is 0 Å². The van der Waals surface area contributed by atoms with E-state index in [1.807, 2.05) is 13.0 Å². The van der Waals surface area contributed by atoms with E-state index in [2.05, 4.69) is 28.4 Å². The molecule has 0 amide bonds. The quantitative estimate of drug-likeness (QED) is 0.864. The molecule has 0 saturated heterocycles. The molecular formula is C21H26N4O. The van der Waals surface area contributed by atoms with E-state index in [4.69, 9.17) is 9.97 Å². The van der Waals surface area contributed by atoms with Crippen LogP contribution in [0.3, 0.4) is 0 Å². The van der Waals surface area contributed by atoms with Crippen molar-refractivity contribution in [2.45, 2.75) is 63.6 Å². The van der Waals surface area contributed by atoms with Gasteiger partial charge in [-0.05, 0) is 55.7 Å². The Balaban J connectivity index is 1.41. The van der Waals surface area contributed by atoms with Crippen LogP contribution in [0.2, 0.25) is 0 Å². The minimum Gasteiger partial charge on any atom is -0.389 e. The predicted molar refractivity (Wildman–Crippen MR) is 102 cm³/mol. The summed E-state index contributed by atoms with van der Waals surface area (Å²) in [5, 5.41) is 13.4. The Bertz CT molecular complexity index is 827. The summed E-state index contributed by atoms with van der Waals surface area (Å²) < 4.78 is 0. The largest absolute Gasteiger partial charge is 0.389 e. The Morgan fingerprint density at radius 3 is 2.69 bits per heavy atom. The van der Waals surface area contributed by atoms with Crippen LogP contribution in [0.25, 0.3) is 0 Å². The molecule has 0 radical (unpaired) electrons. The topological polar surface area (TPSA) is 61.3 Å². The molecule has 0 bridgehead atoms. The molecule has 5 nitrogen and oxygen atoms in total. The molecule has 0 unspecified atom stereocenters. The van der Waals surface area contributed by atoms with Crippen molar-refractivity contribution >= 4 is 11.6 Å². The molecule has 2 aromatic rings. The van der Waals surface area contributed by atoms with Crippen LogP contribution in [0.15, 0.2) is 24.3 Å². The molecule has 2 N–H and O–H groups in total. The third-order valence-electron chi connectivity index (χ3n) is 5.65. The summed E-state index contributed by atoms with van der Waals surface area (Å²) in [5.74, 6) is 3.62. The number of rotatable bonds is 5. The molecule has 136 valence electrons. The van der Waals surface area contributed by atoms with Crippen LogP contribution < -0.4 is 10.2 Å². The number of nitrogens with one attached hydrogen (secondary N) is 1. The van der Waals surface area contributed by atoms with Crippen LogP contribution >= 0.6 is 0 Å². The van der Waals surface area contributed by atoms with E-state index < -0.39 is 6.10 Å². The molecule has 26 heavy (non-hydrogen) atoms. The summed E-state index contributed by atoms with van der Waals surface area (Å²) in [7, 11) is 0. The molecule has 1 aliphatic heterocycles. The van der Waals surface area contributed by atoms with Crippen molar-refractivity contribution in [3.63, 3.8) is 0 Å². The fourth-order valence-electron chi connectivity index (χ4n) is 3.68. The zero-order valence-electron chi connectivity index (χ0n) is 15.3. The van der Waals surface area contributed by atoms with Crippen LogP contribution in [0.5, 0.6) is 0 Å². The first-order chi connectivity index (χ1) is 12.7. The Morgan fingerprint density at radius 1 is 1.12 bits per heavy atom. The van der Waals surface area contributed by atoms with E-state index in [0.717, 1.165) is 42.5 Å². The lowest BCUT2D eigenvalue weighted by atomic mass is 9.96. The molecule has 2 heterocycles. The van der Waals surface area contributed by atoms with Gasteiger partial charge >= 0.3 is 0 Å². The minimum atomic E-state index is -0.405. The van der Waals surface area contributed by atoms with Crippen LogP contribution in [0.4, 0.5) is 11.6 Å². The smallest absolute Gasteiger partial charge is 0.136 e. The number of hydrogen-bond acceptors (Lipinski definition) is 5. The van der Waals surface area contributed by atoms with E-state index in [9.17, 15) is 5.11 Å². The Kier molecular flexibility index (Phi) is 3.85. The van der Waals surface area contributed by atoms with Crippen molar-refractivity contribution in [1.82, 2.24) is 9.97 Å². The zero-order chi connectivity index (χ0) is 17.7. The number of benzene rings is 1. The lowest BCUT2D eigenvalue weighted by molar-refractivity contribution is 0.199. The molecule has 5 heteroatoms. The summed E-state index contributed by atoms with van der Waals surface area (Å²) >= 11 is 0. The maximum absolute atomic E-state index is 9.82. The molecular weight excluding hydrogens is 324 g/mol. The number of hydrogen-bond donors (Lipinski definition) is 2. The number of aromatic nitrogens is 2. The molecule has 2 aliphatic carbocycles. The highest BCUT2D eigenvalue weighted by Crippen LogP contribution is 2.40. The second kappa shape index (κ2) is 6.23. The summed E-state index contributed by atoms with van der Waals surface area (Å²) in [6.07, 6.45) is 5.53. The van der Waals surface area contributed by atoms with Gasteiger partial charge in [0.2, 0.25) is 0 Å². The van der Waals surface area contributed by atoms with Crippen molar-refractivity contribution < 1.29 is 5.11 Å². The summed E-state index contributed by atoms with van der Waals surface area (Å²) in [6, 6.07) is 9.09. The monoisotopic (exact) mass is 350 g/mol. The lowest BCUT2D eigenvalue weighted by Gasteiger charge is -2.30. The van der Waals surface area contributed by atoms with Gasteiger partial charge in [-0.3, -0.25) is 0 Å². The Morgan fingerprint density at radius 2 is 1.96 bits per heavy atom. The van der Waals surface area contributed by atoms with Gasteiger partial charge in [-0.2, -0.15) is 0 Å². The normalized spacial score (nSPS) is 20.6. The lowest BCUT2D eigenvalue weighted by Crippen LogP contribution is -2.31. The molecule has 0 spiro atoms. The van der Waals surface area contributed by atoms with Gasteiger partial charge in [0.05, 0.1) is 6.10 Å². The third-order valence-corrected chi connectivity index (χ3v) is 5.65. The Hall–Kier alpha value is -2.14. The van der Waals surface area contributed by atoms with Crippen LogP contribution in [-0.2, 0) is 13.0 Å². The van der Waals surface area contributed by atoms with Gasteiger partial charge in [-0.1, -0.05) is 18.2 Å². The average molecular weight is 350 g/mol. The van der Waals surface area contributed by atoms with Crippen LogP contribution in [-0.4, -0.2) is 27.7 Å². The fraction of sp³-hybridized carbons (Fsp3) is 0.524. The molecule has 2 saturated carbocycles. The van der Waals surface area contributed by atoms with Gasteiger partial charge in [0.15, 0.2) is 0 Å². The number of aliphatic hydroxyl groups is 1. The van der Waals surface area contributed by atoms with Gasteiger partial charge in [0, 0.05) is 31.1 Å². The van der Waals surface area contributed by atoms with Gasteiger partial charge in [-0.15, -0.1) is 0 Å². The molecule has 3 aliphatic rings. The van der Waals surface area contributed by atoms with Crippen molar-refractivity contribution in [3.8, 4) is 0 Å². The molecule has 1 aromatic carbocycles.